The van der Waals surface area contributed by atoms with Crippen molar-refractivity contribution in [3.05, 3.63) is 85.1 Å². The number of phosphoric acid groups is 1. The van der Waals surface area contributed by atoms with Crippen molar-refractivity contribution >= 4 is 19.8 Å². The Balaban J connectivity index is 1.73. The summed E-state index contributed by atoms with van der Waals surface area (Å²) in [6, 6.07) is 0. The lowest BCUT2D eigenvalue weighted by Gasteiger charge is -2.41. The average Bonchev–Trinajstić information content (AvgIpc) is 4.06. The monoisotopic (exact) mass is 951 g/mol. The second kappa shape index (κ2) is 37.0. The molecule has 6 N–H and O–H groups in total. The van der Waals surface area contributed by atoms with Crippen LogP contribution in [0, 0.1) is 0 Å². The van der Waals surface area contributed by atoms with Gasteiger partial charge in [0.25, 0.3) is 0 Å². The molecule has 376 valence electrons. The standard InChI is InChI=1S/C51H83O14P/c1-3-5-7-9-11-12-13-14-15-16-17-18-19-20-21-22-25-29-33-37-44(52)61-39-41(40-62-66(59,60)65-51-49(57)47(55)46(54)48(56)50(51)58)63-45(53)38-34-30-26-23-24-28-32-36-43-42(64-43)35-31-27-10-8-6-4-2/h11-12,14-15,17-18,20-21,23,26-28,31-32,41-43,46-51,54-58H,3-10,13,16,19,22,24-25,29-30,33-40H2,1-2H3,(H,59,60)/b12-11-,15-14-,18-17-,21-20-,26-23-,31-27-,32-28-/t41-,42?,43?,46?,47-,48+,49-,50-,51?/m1/s1. The number of phosphoric ester groups is 1. The summed E-state index contributed by atoms with van der Waals surface area (Å²) >= 11 is 0. The van der Waals surface area contributed by atoms with Gasteiger partial charge < -0.3 is 44.6 Å². The first-order chi connectivity index (χ1) is 31.9. The Morgan fingerprint density at radius 2 is 0.955 bits per heavy atom. The van der Waals surface area contributed by atoms with Gasteiger partial charge in [0.05, 0.1) is 18.8 Å². The first-order valence-electron chi connectivity index (χ1n) is 24.5. The predicted molar refractivity (Wildman–Crippen MR) is 257 cm³/mol. The number of esters is 2. The number of ether oxygens (including phenoxy) is 3. The highest BCUT2D eigenvalue weighted by atomic mass is 31.2. The van der Waals surface area contributed by atoms with Crippen LogP contribution in [0.1, 0.15) is 155 Å². The number of allylic oxidation sites excluding steroid dienone is 12. The molecule has 0 aromatic rings. The molecule has 2 fully saturated rings. The Hall–Kier alpha value is -3.01. The molecule has 2 rings (SSSR count). The Morgan fingerprint density at radius 3 is 1.48 bits per heavy atom. The maximum absolute atomic E-state index is 12.8. The molecule has 0 aromatic carbocycles. The smallest absolute Gasteiger partial charge is 0.462 e. The quantitative estimate of drug-likeness (QED) is 0.0112. The van der Waals surface area contributed by atoms with Gasteiger partial charge in [0.1, 0.15) is 43.2 Å². The number of carbonyl (C=O) groups excluding carboxylic acids is 2. The number of hydrogen-bond acceptors (Lipinski definition) is 13. The van der Waals surface area contributed by atoms with Crippen LogP contribution in [0.5, 0.6) is 0 Å². The third-order valence-electron chi connectivity index (χ3n) is 11.1. The molecular formula is C51H83O14P. The zero-order valence-corrected chi connectivity index (χ0v) is 40.5. The van der Waals surface area contributed by atoms with Gasteiger partial charge in [-0.25, -0.2) is 4.57 Å². The highest BCUT2D eigenvalue weighted by molar-refractivity contribution is 7.47. The molecular weight excluding hydrogens is 868 g/mol. The minimum absolute atomic E-state index is 0.00334. The van der Waals surface area contributed by atoms with Crippen molar-refractivity contribution in [3.8, 4) is 0 Å². The van der Waals surface area contributed by atoms with Gasteiger partial charge in [-0.3, -0.25) is 18.6 Å². The first kappa shape index (κ1) is 59.1. The lowest BCUT2D eigenvalue weighted by molar-refractivity contribution is -0.220. The Labute approximate surface area is 394 Å². The van der Waals surface area contributed by atoms with Crippen LogP contribution in [0.15, 0.2) is 85.1 Å². The summed E-state index contributed by atoms with van der Waals surface area (Å²) in [6.07, 6.45) is 36.6. The predicted octanol–water partition coefficient (Wildman–Crippen LogP) is 9.04. The zero-order valence-electron chi connectivity index (χ0n) is 39.6. The SMILES string of the molecule is CCCCC/C=C\C/C=C\C/C=C\C/C=C\CCCCCC(=O)OC[C@H](COP(=O)(O)OC1[C@H](O)[C@H](O)C(O)[C@H](O)[C@H]1O)OC(=O)CCC/C=C\C/C=C\CC1OC1C/C=C\CCCCC. The van der Waals surface area contributed by atoms with E-state index in [1.165, 1.54) is 38.5 Å². The number of rotatable bonds is 38. The van der Waals surface area contributed by atoms with E-state index in [0.29, 0.717) is 25.4 Å². The van der Waals surface area contributed by atoms with Crippen molar-refractivity contribution in [3.63, 3.8) is 0 Å². The summed E-state index contributed by atoms with van der Waals surface area (Å²) < 4.78 is 39.2. The molecule has 5 unspecified atom stereocenters. The average molecular weight is 951 g/mol. The fourth-order valence-electron chi connectivity index (χ4n) is 7.01. The molecule has 2 aliphatic rings. The van der Waals surface area contributed by atoms with Gasteiger partial charge in [-0.15, -0.1) is 0 Å². The summed E-state index contributed by atoms with van der Waals surface area (Å²) in [5.41, 5.74) is 0. The second-order valence-electron chi connectivity index (χ2n) is 17.0. The van der Waals surface area contributed by atoms with E-state index in [9.17, 15) is 44.6 Å². The topological polar surface area (TPSA) is 222 Å². The van der Waals surface area contributed by atoms with Gasteiger partial charge in [-0.1, -0.05) is 131 Å². The minimum atomic E-state index is -5.15. The highest BCUT2D eigenvalue weighted by Crippen LogP contribution is 2.47. The summed E-state index contributed by atoms with van der Waals surface area (Å²) in [7, 11) is -5.15. The van der Waals surface area contributed by atoms with Gasteiger partial charge in [0, 0.05) is 12.8 Å². The normalized spacial score (nSPS) is 25.1. The fourth-order valence-corrected chi connectivity index (χ4v) is 7.98. The molecule has 1 saturated heterocycles. The van der Waals surface area contributed by atoms with Crippen molar-refractivity contribution in [1.82, 2.24) is 0 Å². The van der Waals surface area contributed by atoms with Gasteiger partial charge >= 0.3 is 19.8 Å². The van der Waals surface area contributed by atoms with Gasteiger partial charge in [-0.05, 0) is 96.3 Å². The molecule has 10 atom stereocenters. The number of carbonyl (C=O) groups is 2. The van der Waals surface area contributed by atoms with E-state index >= 15 is 0 Å². The van der Waals surface area contributed by atoms with E-state index in [1.54, 1.807) is 0 Å². The van der Waals surface area contributed by atoms with Gasteiger partial charge in [0.15, 0.2) is 6.10 Å². The lowest BCUT2D eigenvalue weighted by atomic mass is 9.85. The molecule has 15 heteroatoms. The minimum Gasteiger partial charge on any atom is -0.462 e. The van der Waals surface area contributed by atoms with Gasteiger partial charge in [0.2, 0.25) is 0 Å². The van der Waals surface area contributed by atoms with Crippen LogP contribution in [0.25, 0.3) is 0 Å². The molecule has 0 spiro atoms. The molecule has 0 radical (unpaired) electrons. The van der Waals surface area contributed by atoms with E-state index in [0.717, 1.165) is 70.6 Å². The van der Waals surface area contributed by atoms with Gasteiger partial charge in [-0.2, -0.15) is 0 Å². The maximum atomic E-state index is 12.8. The highest BCUT2D eigenvalue weighted by Gasteiger charge is 2.51. The van der Waals surface area contributed by atoms with Crippen molar-refractivity contribution < 1.29 is 67.8 Å². The Bertz CT molecular complexity index is 1540. The summed E-state index contributed by atoms with van der Waals surface area (Å²) in [6.45, 7) is 3.15. The van der Waals surface area contributed by atoms with Crippen molar-refractivity contribution in [2.75, 3.05) is 13.2 Å². The van der Waals surface area contributed by atoms with Crippen LogP contribution in [0.4, 0.5) is 0 Å². The lowest BCUT2D eigenvalue weighted by Crippen LogP contribution is -2.64. The Morgan fingerprint density at radius 1 is 0.530 bits per heavy atom. The van der Waals surface area contributed by atoms with Crippen molar-refractivity contribution in [2.45, 2.75) is 210 Å². The van der Waals surface area contributed by atoms with Crippen molar-refractivity contribution in [1.29, 1.82) is 0 Å². The van der Waals surface area contributed by atoms with E-state index in [-0.39, 0.29) is 18.9 Å². The summed E-state index contributed by atoms with van der Waals surface area (Å²) in [4.78, 5) is 35.8. The number of unbranched alkanes of at least 4 members (excludes halogenated alkanes) is 10. The third-order valence-corrected chi connectivity index (χ3v) is 12.1. The largest absolute Gasteiger partial charge is 0.472 e. The molecule has 0 aromatic heterocycles. The molecule has 1 aliphatic carbocycles. The molecule has 0 amide bonds. The fraction of sp³-hybridized carbons (Fsp3) is 0.686. The number of hydrogen-bond donors (Lipinski definition) is 6. The molecule has 0 bridgehead atoms. The molecule has 66 heavy (non-hydrogen) atoms. The molecule has 1 heterocycles. The van der Waals surface area contributed by atoms with E-state index in [2.05, 4.69) is 86.8 Å². The first-order valence-corrected chi connectivity index (χ1v) is 26.0. The van der Waals surface area contributed by atoms with E-state index in [1.807, 2.05) is 12.2 Å². The summed E-state index contributed by atoms with van der Waals surface area (Å²) in [5, 5.41) is 50.2. The van der Waals surface area contributed by atoms with E-state index < -0.39 is 75.7 Å². The van der Waals surface area contributed by atoms with Crippen LogP contribution in [0.3, 0.4) is 0 Å². The molecule has 1 saturated carbocycles. The Kier molecular flexibility index (Phi) is 33.1. The molecule has 1 aliphatic heterocycles. The van der Waals surface area contributed by atoms with Crippen LogP contribution >= 0.6 is 7.82 Å². The number of aliphatic hydroxyl groups excluding tert-OH is 5. The maximum Gasteiger partial charge on any atom is 0.472 e. The van der Waals surface area contributed by atoms with Crippen molar-refractivity contribution in [2.24, 2.45) is 0 Å². The second-order valence-corrected chi connectivity index (χ2v) is 18.4. The summed E-state index contributed by atoms with van der Waals surface area (Å²) in [5.74, 6) is -1.22. The third kappa shape index (κ3) is 28.3. The van der Waals surface area contributed by atoms with E-state index in [4.69, 9.17) is 23.3 Å². The number of aliphatic hydroxyl groups is 5. The van der Waals surface area contributed by atoms with Crippen LogP contribution in [-0.4, -0.2) is 111 Å². The number of epoxide rings is 1. The van der Waals surface area contributed by atoms with Crippen LogP contribution in [0.2, 0.25) is 0 Å². The van der Waals surface area contributed by atoms with Crippen LogP contribution < -0.4 is 0 Å². The van der Waals surface area contributed by atoms with Crippen LogP contribution in [-0.2, 0) is 37.4 Å². The zero-order chi connectivity index (χ0) is 48.3. The molecule has 14 nitrogen and oxygen atoms in total.